The molecule has 2 N–H and O–H groups in total. The second kappa shape index (κ2) is 4.82. The van der Waals surface area contributed by atoms with Crippen LogP contribution >= 0.6 is 0 Å². The van der Waals surface area contributed by atoms with E-state index in [9.17, 15) is 22.8 Å². The summed E-state index contributed by atoms with van der Waals surface area (Å²) in [7, 11) is 0. The zero-order chi connectivity index (χ0) is 16.0. The number of piperidine rings is 1. The van der Waals surface area contributed by atoms with Crippen molar-refractivity contribution in [3.05, 3.63) is 17.8 Å². The molecular formula is C12H12F3N5O2. The molecule has 0 radical (unpaired) electrons. The summed E-state index contributed by atoms with van der Waals surface area (Å²) in [5, 5.41) is 11.5. The Hall–Kier alpha value is -2.39. The van der Waals surface area contributed by atoms with E-state index in [0.29, 0.717) is 19.4 Å². The quantitative estimate of drug-likeness (QED) is 0.744. The number of rotatable bonds is 1. The SMILES string of the molecule is O=C1NC(=O)C2(CCCN(c3ccc(C(F)(F)F)nn3)C2)N1. The Labute approximate surface area is 122 Å². The second-order valence-corrected chi connectivity index (χ2v) is 5.29. The molecule has 22 heavy (non-hydrogen) atoms. The lowest BCUT2D eigenvalue weighted by atomic mass is 9.89. The Bertz CT molecular complexity index is 618. The van der Waals surface area contributed by atoms with Crippen molar-refractivity contribution in [1.29, 1.82) is 0 Å². The number of carbonyl (C=O) groups excluding carboxylic acids is 2. The first-order valence-corrected chi connectivity index (χ1v) is 6.60. The molecule has 0 bridgehead atoms. The van der Waals surface area contributed by atoms with Crippen LogP contribution in [0.25, 0.3) is 0 Å². The Morgan fingerprint density at radius 2 is 2.00 bits per heavy atom. The highest BCUT2D eigenvalue weighted by atomic mass is 19.4. The zero-order valence-corrected chi connectivity index (χ0v) is 11.3. The zero-order valence-electron chi connectivity index (χ0n) is 11.3. The van der Waals surface area contributed by atoms with E-state index in [0.717, 1.165) is 6.07 Å². The van der Waals surface area contributed by atoms with Crippen LogP contribution in [0.1, 0.15) is 18.5 Å². The lowest BCUT2D eigenvalue weighted by molar-refractivity contribution is -0.141. The molecule has 7 nitrogen and oxygen atoms in total. The number of imide groups is 1. The van der Waals surface area contributed by atoms with E-state index < -0.39 is 29.3 Å². The summed E-state index contributed by atoms with van der Waals surface area (Å²) in [5.74, 6) is -0.192. The predicted octanol–water partition coefficient (Wildman–Crippen LogP) is 0.674. The van der Waals surface area contributed by atoms with Crippen molar-refractivity contribution in [3.63, 3.8) is 0 Å². The summed E-state index contributed by atoms with van der Waals surface area (Å²) >= 11 is 0. The molecule has 1 unspecified atom stereocenters. The average molecular weight is 315 g/mol. The van der Waals surface area contributed by atoms with E-state index >= 15 is 0 Å². The molecule has 0 saturated carbocycles. The maximum absolute atomic E-state index is 12.5. The van der Waals surface area contributed by atoms with Gasteiger partial charge in [-0.2, -0.15) is 13.2 Å². The van der Waals surface area contributed by atoms with Gasteiger partial charge in [0.1, 0.15) is 5.54 Å². The van der Waals surface area contributed by atoms with E-state index in [4.69, 9.17) is 0 Å². The molecule has 2 fully saturated rings. The van der Waals surface area contributed by atoms with Crippen LogP contribution in [-0.2, 0) is 11.0 Å². The van der Waals surface area contributed by atoms with Crippen LogP contribution in [0.5, 0.6) is 0 Å². The number of alkyl halides is 3. The maximum atomic E-state index is 12.5. The van der Waals surface area contributed by atoms with Gasteiger partial charge in [-0.1, -0.05) is 0 Å². The van der Waals surface area contributed by atoms with Crippen LogP contribution in [0.4, 0.5) is 23.8 Å². The number of nitrogens with one attached hydrogen (secondary N) is 2. The van der Waals surface area contributed by atoms with Gasteiger partial charge in [0.15, 0.2) is 11.5 Å². The topological polar surface area (TPSA) is 87.2 Å². The molecule has 10 heteroatoms. The van der Waals surface area contributed by atoms with Crippen molar-refractivity contribution in [2.75, 3.05) is 18.0 Å². The molecule has 1 spiro atoms. The minimum absolute atomic E-state index is 0.143. The van der Waals surface area contributed by atoms with Gasteiger partial charge in [0.05, 0.1) is 6.54 Å². The third-order valence-electron chi connectivity index (χ3n) is 3.77. The number of halogens is 3. The number of amides is 3. The first kappa shape index (κ1) is 14.5. The van der Waals surface area contributed by atoms with Crippen LogP contribution in [0.2, 0.25) is 0 Å². The van der Waals surface area contributed by atoms with Crippen molar-refractivity contribution in [3.8, 4) is 0 Å². The molecule has 0 aliphatic carbocycles. The standard InChI is InChI=1S/C12H12F3N5O2/c13-12(14,15)7-2-3-8(19-18-7)20-5-1-4-11(6-20)9(21)16-10(22)17-11/h2-3H,1,4-6H2,(H2,16,17,21,22). The Kier molecular flexibility index (Phi) is 3.18. The van der Waals surface area contributed by atoms with Gasteiger partial charge >= 0.3 is 12.2 Å². The Morgan fingerprint density at radius 3 is 2.55 bits per heavy atom. The fourth-order valence-corrected chi connectivity index (χ4v) is 2.71. The Morgan fingerprint density at radius 1 is 1.23 bits per heavy atom. The summed E-state index contributed by atoms with van der Waals surface area (Å²) in [4.78, 5) is 24.9. The fraction of sp³-hybridized carbons (Fsp3) is 0.500. The van der Waals surface area contributed by atoms with Gasteiger partial charge in [0.2, 0.25) is 0 Å². The molecule has 1 aromatic heterocycles. The highest BCUT2D eigenvalue weighted by Crippen LogP contribution is 2.30. The third kappa shape index (κ3) is 2.44. The summed E-state index contributed by atoms with van der Waals surface area (Å²) in [6.07, 6.45) is -3.49. The monoisotopic (exact) mass is 315 g/mol. The summed E-state index contributed by atoms with van der Waals surface area (Å²) in [6, 6.07) is 1.49. The van der Waals surface area contributed by atoms with Crippen LogP contribution in [0, 0.1) is 0 Å². The van der Waals surface area contributed by atoms with Gasteiger partial charge in [-0.15, -0.1) is 10.2 Å². The fourth-order valence-electron chi connectivity index (χ4n) is 2.71. The highest BCUT2D eigenvalue weighted by molar-refractivity contribution is 6.07. The molecule has 2 aliphatic rings. The third-order valence-corrected chi connectivity index (χ3v) is 3.77. The van der Waals surface area contributed by atoms with Gasteiger partial charge < -0.3 is 10.2 Å². The Balaban J connectivity index is 1.81. The number of hydrogen-bond acceptors (Lipinski definition) is 5. The molecule has 2 saturated heterocycles. The first-order valence-electron chi connectivity index (χ1n) is 6.60. The van der Waals surface area contributed by atoms with E-state index in [1.54, 1.807) is 4.90 Å². The molecule has 0 aromatic carbocycles. The van der Waals surface area contributed by atoms with Crippen LogP contribution in [0.3, 0.4) is 0 Å². The molecule has 3 rings (SSSR count). The number of carbonyl (C=O) groups is 2. The van der Waals surface area contributed by atoms with Crippen LogP contribution in [-0.4, -0.2) is 40.8 Å². The summed E-state index contributed by atoms with van der Waals surface area (Å²) in [6.45, 7) is 0.662. The van der Waals surface area contributed by atoms with Crippen LogP contribution < -0.4 is 15.5 Å². The van der Waals surface area contributed by atoms with Gasteiger partial charge in [0.25, 0.3) is 5.91 Å². The molecule has 1 aromatic rings. The number of hydrogen-bond donors (Lipinski definition) is 2. The van der Waals surface area contributed by atoms with E-state index in [2.05, 4.69) is 20.8 Å². The number of aromatic nitrogens is 2. The van der Waals surface area contributed by atoms with Gasteiger partial charge in [-0.25, -0.2) is 4.79 Å². The predicted molar refractivity (Wildman–Crippen MR) is 67.9 cm³/mol. The number of nitrogens with zero attached hydrogens (tertiary/aromatic N) is 3. The van der Waals surface area contributed by atoms with E-state index in [-0.39, 0.29) is 12.4 Å². The molecule has 3 heterocycles. The summed E-state index contributed by atoms with van der Waals surface area (Å²) < 4.78 is 37.4. The van der Waals surface area contributed by atoms with Crippen molar-refractivity contribution in [2.45, 2.75) is 24.6 Å². The minimum Gasteiger partial charge on any atom is -0.352 e. The molecule has 3 amide bonds. The smallest absolute Gasteiger partial charge is 0.352 e. The molecule has 1 atom stereocenters. The van der Waals surface area contributed by atoms with Crippen molar-refractivity contribution >= 4 is 17.8 Å². The van der Waals surface area contributed by atoms with Crippen LogP contribution in [0.15, 0.2) is 12.1 Å². The maximum Gasteiger partial charge on any atom is 0.435 e. The van der Waals surface area contributed by atoms with E-state index in [1.165, 1.54) is 6.07 Å². The van der Waals surface area contributed by atoms with Gasteiger partial charge in [-0.05, 0) is 25.0 Å². The highest BCUT2D eigenvalue weighted by Gasteiger charge is 2.49. The molecular weight excluding hydrogens is 303 g/mol. The second-order valence-electron chi connectivity index (χ2n) is 5.29. The van der Waals surface area contributed by atoms with Crippen molar-refractivity contribution in [1.82, 2.24) is 20.8 Å². The first-order chi connectivity index (χ1) is 10.3. The molecule has 118 valence electrons. The lowest BCUT2D eigenvalue weighted by Crippen LogP contribution is -2.58. The largest absolute Gasteiger partial charge is 0.435 e. The van der Waals surface area contributed by atoms with E-state index in [1.807, 2.05) is 0 Å². The number of urea groups is 1. The van der Waals surface area contributed by atoms with Gasteiger partial charge in [0, 0.05) is 6.54 Å². The summed E-state index contributed by atoms with van der Waals surface area (Å²) in [5.41, 5.74) is -2.13. The van der Waals surface area contributed by atoms with Crippen molar-refractivity contribution < 1.29 is 22.8 Å². The minimum atomic E-state index is -4.55. The number of anilines is 1. The van der Waals surface area contributed by atoms with Gasteiger partial charge in [-0.3, -0.25) is 10.1 Å². The normalized spacial score (nSPS) is 25.3. The van der Waals surface area contributed by atoms with Crippen molar-refractivity contribution in [2.24, 2.45) is 0 Å². The molecule has 2 aliphatic heterocycles. The lowest BCUT2D eigenvalue weighted by Gasteiger charge is -2.38. The average Bonchev–Trinajstić information content (AvgIpc) is 2.72.